The van der Waals surface area contributed by atoms with Crippen LogP contribution in [0.2, 0.25) is 5.02 Å². The van der Waals surface area contributed by atoms with Crippen molar-refractivity contribution in [2.24, 2.45) is 0 Å². The standard InChI is InChI=1S/C16H15ClN2O2S.CH2O/c17-11-1-3-12(4-2-11)18-13-5-7-14(8-6-13)22-19-15-9-10-21-16(15)20;1-2/h1-8,15,18-19H,9-10H2;1H2. The van der Waals surface area contributed by atoms with Crippen LogP contribution in [0.15, 0.2) is 53.4 Å². The summed E-state index contributed by atoms with van der Waals surface area (Å²) in [6, 6.07) is 15.3. The normalized spacial score (nSPS) is 16.0. The predicted octanol–water partition coefficient (Wildman–Crippen LogP) is 3.81. The Kier molecular flexibility index (Phi) is 7.11. The zero-order valence-electron chi connectivity index (χ0n) is 12.8. The number of carbonyl (C=O) groups is 2. The maximum absolute atomic E-state index is 11.4. The fourth-order valence-corrected chi connectivity index (χ4v) is 2.94. The highest BCUT2D eigenvalue weighted by molar-refractivity contribution is 7.97. The minimum Gasteiger partial charge on any atom is -0.464 e. The van der Waals surface area contributed by atoms with E-state index in [1.54, 1.807) is 0 Å². The van der Waals surface area contributed by atoms with Crippen LogP contribution in [0.25, 0.3) is 0 Å². The second-order valence-corrected chi connectivity index (χ2v) is 6.23. The molecule has 1 aliphatic heterocycles. The van der Waals surface area contributed by atoms with Crippen LogP contribution in [0.1, 0.15) is 6.42 Å². The van der Waals surface area contributed by atoms with Crippen LogP contribution in [-0.2, 0) is 14.3 Å². The molecule has 0 aromatic heterocycles. The van der Waals surface area contributed by atoms with Gasteiger partial charge in [0.15, 0.2) is 0 Å². The fourth-order valence-electron chi connectivity index (χ4n) is 2.05. The maximum atomic E-state index is 11.4. The fraction of sp³-hybridized carbons (Fsp3) is 0.176. The van der Waals surface area contributed by atoms with Gasteiger partial charge in [0.2, 0.25) is 0 Å². The first-order valence-electron chi connectivity index (χ1n) is 7.21. The minimum atomic E-state index is -0.211. The summed E-state index contributed by atoms with van der Waals surface area (Å²) in [6.07, 6.45) is 0.724. The van der Waals surface area contributed by atoms with Crippen LogP contribution in [-0.4, -0.2) is 25.4 Å². The van der Waals surface area contributed by atoms with Crippen molar-refractivity contribution in [3.05, 3.63) is 53.6 Å². The van der Waals surface area contributed by atoms with Gasteiger partial charge < -0.3 is 14.8 Å². The number of cyclic esters (lactones) is 1. The Hall–Kier alpha value is -2.02. The molecule has 2 N–H and O–H groups in total. The van der Waals surface area contributed by atoms with E-state index < -0.39 is 0 Å². The molecule has 0 saturated carbocycles. The van der Waals surface area contributed by atoms with Crippen molar-refractivity contribution in [1.29, 1.82) is 0 Å². The first-order valence-corrected chi connectivity index (χ1v) is 8.41. The first-order chi connectivity index (χ1) is 11.7. The molecule has 0 spiro atoms. The lowest BCUT2D eigenvalue weighted by Gasteiger charge is -2.09. The molecule has 7 heteroatoms. The number of nitrogens with one attached hydrogen (secondary N) is 2. The summed E-state index contributed by atoms with van der Waals surface area (Å²) in [5.41, 5.74) is 1.98. The van der Waals surface area contributed by atoms with E-state index in [1.165, 1.54) is 11.9 Å². The van der Waals surface area contributed by atoms with Crippen LogP contribution >= 0.6 is 23.5 Å². The number of halogens is 1. The molecule has 2 aromatic carbocycles. The molecule has 126 valence electrons. The topological polar surface area (TPSA) is 67.4 Å². The lowest BCUT2D eigenvalue weighted by atomic mass is 10.3. The second kappa shape index (κ2) is 9.32. The monoisotopic (exact) mass is 364 g/mol. The van der Waals surface area contributed by atoms with E-state index >= 15 is 0 Å². The van der Waals surface area contributed by atoms with Crippen LogP contribution in [0.5, 0.6) is 0 Å². The van der Waals surface area contributed by atoms with Crippen LogP contribution in [0, 0.1) is 0 Å². The number of hydrogen-bond donors (Lipinski definition) is 2. The highest BCUT2D eigenvalue weighted by atomic mass is 35.5. The van der Waals surface area contributed by atoms with Crippen LogP contribution in [0.4, 0.5) is 11.4 Å². The molecule has 5 nitrogen and oxygen atoms in total. The zero-order valence-corrected chi connectivity index (χ0v) is 14.4. The van der Waals surface area contributed by atoms with Crippen molar-refractivity contribution >= 4 is 47.7 Å². The second-order valence-electron chi connectivity index (χ2n) is 4.88. The molecule has 2 aromatic rings. The summed E-state index contributed by atoms with van der Waals surface area (Å²) < 4.78 is 8.04. The average Bonchev–Trinajstić information content (AvgIpc) is 3.03. The summed E-state index contributed by atoms with van der Waals surface area (Å²) in [5.74, 6) is -0.173. The average molecular weight is 365 g/mol. The molecule has 3 rings (SSSR count). The number of anilines is 2. The predicted molar refractivity (Wildman–Crippen MR) is 96.7 cm³/mol. The Bertz CT molecular complexity index is 665. The van der Waals surface area contributed by atoms with Gasteiger partial charge in [0.05, 0.1) is 6.61 Å². The van der Waals surface area contributed by atoms with E-state index in [1.807, 2.05) is 55.3 Å². The van der Waals surface area contributed by atoms with Gasteiger partial charge in [-0.15, -0.1) is 0 Å². The Morgan fingerprint density at radius 3 is 2.17 bits per heavy atom. The van der Waals surface area contributed by atoms with Crippen molar-refractivity contribution < 1.29 is 14.3 Å². The molecular formula is C17H17ClN2O3S. The molecule has 1 aliphatic rings. The lowest BCUT2D eigenvalue weighted by Crippen LogP contribution is -2.27. The highest BCUT2D eigenvalue weighted by Crippen LogP contribution is 2.23. The molecule has 1 atom stereocenters. The van der Waals surface area contributed by atoms with E-state index in [2.05, 4.69) is 10.0 Å². The van der Waals surface area contributed by atoms with Crippen molar-refractivity contribution in [1.82, 2.24) is 4.72 Å². The zero-order chi connectivity index (χ0) is 17.4. The molecule has 0 bridgehead atoms. The molecule has 24 heavy (non-hydrogen) atoms. The molecule has 0 amide bonds. The number of rotatable bonds is 5. The van der Waals surface area contributed by atoms with Crippen molar-refractivity contribution in [3.63, 3.8) is 0 Å². The number of esters is 1. The molecular weight excluding hydrogens is 348 g/mol. The molecule has 0 radical (unpaired) electrons. The maximum Gasteiger partial charge on any atom is 0.324 e. The first kappa shape index (κ1) is 18.3. The third kappa shape index (κ3) is 5.26. The molecule has 1 heterocycles. The third-order valence-electron chi connectivity index (χ3n) is 3.24. The van der Waals surface area contributed by atoms with Crippen molar-refractivity contribution in [2.75, 3.05) is 11.9 Å². The smallest absolute Gasteiger partial charge is 0.324 e. The van der Waals surface area contributed by atoms with E-state index in [0.717, 1.165) is 22.7 Å². The van der Waals surface area contributed by atoms with Crippen LogP contribution in [0.3, 0.4) is 0 Å². The summed E-state index contributed by atoms with van der Waals surface area (Å²) in [5, 5.41) is 4.02. The number of benzene rings is 2. The number of hydrogen-bond acceptors (Lipinski definition) is 6. The molecule has 1 saturated heterocycles. The molecule has 1 unspecified atom stereocenters. The van der Waals surface area contributed by atoms with Gasteiger partial charge in [-0.25, -0.2) is 4.72 Å². The van der Waals surface area contributed by atoms with Gasteiger partial charge in [0.25, 0.3) is 0 Å². The van der Waals surface area contributed by atoms with E-state index in [4.69, 9.17) is 21.1 Å². The van der Waals surface area contributed by atoms with Crippen LogP contribution < -0.4 is 10.0 Å². The molecule has 1 fully saturated rings. The largest absolute Gasteiger partial charge is 0.464 e. The third-order valence-corrected chi connectivity index (χ3v) is 4.40. The quantitative estimate of drug-likeness (QED) is 0.621. The number of carbonyl (C=O) groups excluding carboxylic acids is 2. The lowest BCUT2D eigenvalue weighted by molar-refractivity contribution is -0.139. The van der Waals surface area contributed by atoms with Gasteiger partial charge >= 0.3 is 5.97 Å². The SMILES string of the molecule is C=O.O=C1OCCC1NSc1ccc(Nc2ccc(Cl)cc2)cc1. The van der Waals surface area contributed by atoms with Gasteiger partial charge in [-0.2, -0.15) is 0 Å². The summed E-state index contributed by atoms with van der Waals surface area (Å²) in [4.78, 5) is 20.4. The minimum absolute atomic E-state index is 0.173. The van der Waals surface area contributed by atoms with Crippen molar-refractivity contribution in [2.45, 2.75) is 17.4 Å². The van der Waals surface area contributed by atoms with Gasteiger partial charge in [-0.05, 0) is 60.5 Å². The van der Waals surface area contributed by atoms with Gasteiger partial charge in [-0.3, -0.25) is 4.79 Å². The Balaban J connectivity index is 0.00000100. The summed E-state index contributed by atoms with van der Waals surface area (Å²) in [7, 11) is 0. The molecule has 0 aliphatic carbocycles. The summed E-state index contributed by atoms with van der Waals surface area (Å²) in [6.45, 7) is 2.50. The van der Waals surface area contributed by atoms with Crippen molar-refractivity contribution in [3.8, 4) is 0 Å². The summed E-state index contributed by atoms with van der Waals surface area (Å²) >= 11 is 7.31. The Morgan fingerprint density at radius 2 is 1.62 bits per heavy atom. The van der Waals surface area contributed by atoms with Gasteiger partial charge in [0, 0.05) is 27.7 Å². The highest BCUT2D eigenvalue weighted by Gasteiger charge is 2.25. The van der Waals surface area contributed by atoms with E-state index in [0.29, 0.717) is 11.6 Å². The van der Waals surface area contributed by atoms with E-state index in [9.17, 15) is 4.79 Å². The van der Waals surface area contributed by atoms with Gasteiger partial charge in [0.1, 0.15) is 12.8 Å². The Labute approximate surface area is 149 Å². The number of ether oxygens (including phenoxy) is 1. The Morgan fingerprint density at radius 1 is 1.04 bits per heavy atom. The van der Waals surface area contributed by atoms with E-state index in [-0.39, 0.29) is 12.0 Å². The van der Waals surface area contributed by atoms with Gasteiger partial charge in [-0.1, -0.05) is 11.6 Å².